The van der Waals surface area contributed by atoms with Crippen LogP contribution in [0.15, 0.2) is 259 Å². The first-order valence-electron chi connectivity index (χ1n) is 25.8. The van der Waals surface area contributed by atoms with Gasteiger partial charge in [0.15, 0.2) is 34.9 Å². The highest BCUT2D eigenvalue weighted by atomic mass is 16.3. The maximum absolute atomic E-state index is 7.06. The summed E-state index contributed by atoms with van der Waals surface area (Å²) < 4.78 is 7.06. The van der Waals surface area contributed by atoms with Gasteiger partial charge >= 0.3 is 0 Å². The van der Waals surface area contributed by atoms with Crippen molar-refractivity contribution < 1.29 is 4.42 Å². The highest BCUT2D eigenvalue weighted by molar-refractivity contribution is 6.25. The van der Waals surface area contributed by atoms with Gasteiger partial charge in [-0.25, -0.2) is 29.9 Å². The average Bonchev–Trinajstić information content (AvgIpc) is 3.99. The van der Waals surface area contributed by atoms with Crippen LogP contribution in [0.2, 0.25) is 0 Å². The van der Waals surface area contributed by atoms with Crippen LogP contribution in [0.1, 0.15) is 0 Å². The Morgan fingerprint density at radius 1 is 0.208 bits per heavy atom. The molecule has 15 aromatic rings. The molecular formula is C70H42N6O. The van der Waals surface area contributed by atoms with Crippen molar-refractivity contribution in [3.8, 4) is 90.6 Å². The van der Waals surface area contributed by atoms with Gasteiger partial charge in [0.1, 0.15) is 11.2 Å². The lowest BCUT2D eigenvalue weighted by Gasteiger charge is -2.17. The van der Waals surface area contributed by atoms with E-state index in [0.717, 1.165) is 121 Å². The van der Waals surface area contributed by atoms with E-state index < -0.39 is 0 Å². The van der Waals surface area contributed by atoms with E-state index >= 15 is 0 Å². The SMILES string of the molecule is c1ccc(-c2nc(-c3ccccc3)nc(-c3c4ccccc4c(-c4ccc5oc6c(-c7c8ccccc8c(-c8nc(-c9ccccc9)nc(-c9ccccc9)n8)c8ccccc78)cccc6c5c4)c4ccccc34)n2)cc1. The predicted octanol–water partition coefficient (Wildman–Crippen LogP) is 17.9. The van der Waals surface area contributed by atoms with Crippen LogP contribution in [0.3, 0.4) is 0 Å². The Labute approximate surface area is 442 Å². The van der Waals surface area contributed by atoms with Gasteiger partial charge < -0.3 is 4.42 Å². The highest BCUT2D eigenvalue weighted by Crippen LogP contribution is 2.48. The Morgan fingerprint density at radius 3 is 0.896 bits per heavy atom. The molecule has 0 aliphatic heterocycles. The van der Waals surface area contributed by atoms with E-state index in [-0.39, 0.29) is 0 Å². The third-order valence-electron chi connectivity index (χ3n) is 14.8. The molecule has 0 bridgehead atoms. The summed E-state index contributed by atoms with van der Waals surface area (Å²) in [6.07, 6.45) is 0. The number of rotatable bonds is 8. The molecule has 0 aliphatic carbocycles. The summed E-state index contributed by atoms with van der Waals surface area (Å²) in [4.78, 5) is 31.1. The van der Waals surface area contributed by atoms with Gasteiger partial charge in [-0.3, -0.25) is 0 Å². The predicted molar refractivity (Wildman–Crippen MR) is 314 cm³/mol. The molecule has 0 unspecified atom stereocenters. The van der Waals surface area contributed by atoms with Crippen molar-refractivity contribution in [1.29, 1.82) is 0 Å². The van der Waals surface area contributed by atoms with Crippen molar-refractivity contribution >= 4 is 65.0 Å². The number of furan rings is 1. The molecule has 15 rings (SSSR count). The standard InChI is InChI=1S/C70H42N6O/c1-5-22-43(23-6-1)65-71-66(44-24-7-2-8-25-44)74-69(73-65)62-52-34-17-13-30-48(52)60(49-31-14-18-35-53(49)62)47-40-41-59-58(42-47)56-38-21-39-57(64(56)77-59)61-50-32-15-19-36-54(50)63(55-37-20-16-33-51(55)61)70-75-67(45-26-9-3-10-27-45)72-68(76-70)46-28-11-4-12-29-46/h1-42H. The fraction of sp³-hybridized carbons (Fsp3) is 0. The van der Waals surface area contributed by atoms with Crippen LogP contribution in [0.4, 0.5) is 0 Å². The van der Waals surface area contributed by atoms with E-state index in [2.05, 4.69) is 133 Å². The second kappa shape index (κ2) is 18.2. The molecule has 0 spiro atoms. The summed E-state index contributed by atoms with van der Waals surface area (Å²) in [7, 11) is 0. The topological polar surface area (TPSA) is 90.5 Å². The van der Waals surface area contributed by atoms with Crippen LogP contribution in [0, 0.1) is 0 Å². The zero-order valence-electron chi connectivity index (χ0n) is 41.3. The number of hydrogen-bond donors (Lipinski definition) is 0. The summed E-state index contributed by atoms with van der Waals surface area (Å²) in [6.45, 7) is 0. The van der Waals surface area contributed by atoms with Crippen LogP contribution >= 0.6 is 0 Å². The molecule has 77 heavy (non-hydrogen) atoms. The first kappa shape index (κ1) is 44.0. The fourth-order valence-electron chi connectivity index (χ4n) is 11.3. The molecule has 0 saturated heterocycles. The van der Waals surface area contributed by atoms with E-state index in [1.54, 1.807) is 0 Å². The van der Waals surface area contributed by atoms with Gasteiger partial charge in [0.2, 0.25) is 0 Å². The zero-order valence-corrected chi connectivity index (χ0v) is 41.3. The third kappa shape index (κ3) is 7.43. The molecule has 12 aromatic carbocycles. The first-order valence-corrected chi connectivity index (χ1v) is 25.8. The quantitative estimate of drug-likeness (QED) is 0.140. The van der Waals surface area contributed by atoms with E-state index in [1.807, 2.05) is 121 Å². The minimum atomic E-state index is 0.612. The molecule has 3 aromatic heterocycles. The Balaban J connectivity index is 0.922. The Morgan fingerprint density at radius 2 is 0.519 bits per heavy atom. The van der Waals surface area contributed by atoms with Crippen molar-refractivity contribution in [2.75, 3.05) is 0 Å². The molecular weight excluding hydrogens is 941 g/mol. The van der Waals surface area contributed by atoms with Crippen molar-refractivity contribution in [1.82, 2.24) is 29.9 Å². The lowest BCUT2D eigenvalue weighted by Crippen LogP contribution is -2.01. The molecule has 0 atom stereocenters. The van der Waals surface area contributed by atoms with Gasteiger partial charge in [-0.15, -0.1) is 0 Å². The average molecular weight is 983 g/mol. The summed E-state index contributed by atoms with van der Waals surface area (Å²) in [6, 6.07) is 88.2. The van der Waals surface area contributed by atoms with E-state index in [4.69, 9.17) is 34.3 Å². The minimum absolute atomic E-state index is 0.612. The van der Waals surface area contributed by atoms with Crippen LogP contribution in [0.5, 0.6) is 0 Å². The molecule has 3 heterocycles. The number of hydrogen-bond acceptors (Lipinski definition) is 7. The minimum Gasteiger partial charge on any atom is -0.455 e. The van der Waals surface area contributed by atoms with Crippen LogP contribution in [0.25, 0.3) is 156 Å². The van der Waals surface area contributed by atoms with Crippen LogP contribution < -0.4 is 0 Å². The molecule has 0 aliphatic rings. The second-order valence-electron chi connectivity index (χ2n) is 19.3. The molecule has 7 heteroatoms. The first-order chi connectivity index (χ1) is 38.2. The van der Waals surface area contributed by atoms with E-state index in [1.165, 1.54) is 0 Å². The normalized spacial score (nSPS) is 11.6. The van der Waals surface area contributed by atoms with Gasteiger partial charge in [-0.05, 0) is 66.3 Å². The molecule has 0 radical (unpaired) electrons. The Bertz CT molecular complexity index is 4560. The lowest BCUT2D eigenvalue weighted by atomic mass is 9.87. The maximum atomic E-state index is 7.06. The molecule has 7 nitrogen and oxygen atoms in total. The second-order valence-corrected chi connectivity index (χ2v) is 19.3. The van der Waals surface area contributed by atoms with E-state index in [0.29, 0.717) is 34.9 Å². The fourth-order valence-corrected chi connectivity index (χ4v) is 11.3. The molecule has 0 N–H and O–H groups in total. The van der Waals surface area contributed by atoms with Gasteiger partial charge in [-0.1, -0.05) is 243 Å². The number of fused-ring (bicyclic) bond motifs is 7. The Hall–Kier alpha value is -10.5. The number of nitrogens with zero attached hydrogens (tertiary/aromatic N) is 6. The van der Waals surface area contributed by atoms with Crippen molar-refractivity contribution in [3.63, 3.8) is 0 Å². The molecule has 358 valence electrons. The van der Waals surface area contributed by atoms with Crippen molar-refractivity contribution in [2.45, 2.75) is 0 Å². The molecule has 0 saturated carbocycles. The monoisotopic (exact) mass is 982 g/mol. The van der Waals surface area contributed by atoms with Crippen molar-refractivity contribution in [2.24, 2.45) is 0 Å². The van der Waals surface area contributed by atoms with Crippen LogP contribution in [-0.4, -0.2) is 29.9 Å². The highest BCUT2D eigenvalue weighted by Gasteiger charge is 2.25. The number of benzene rings is 12. The van der Waals surface area contributed by atoms with Gasteiger partial charge in [0.05, 0.1) is 0 Å². The number of aromatic nitrogens is 6. The maximum Gasteiger partial charge on any atom is 0.165 e. The summed E-state index contributed by atoms with van der Waals surface area (Å²) >= 11 is 0. The molecule has 0 fully saturated rings. The number of para-hydroxylation sites is 1. The van der Waals surface area contributed by atoms with Gasteiger partial charge in [0, 0.05) is 55.3 Å². The Kier molecular flexibility index (Phi) is 10.4. The smallest absolute Gasteiger partial charge is 0.165 e. The van der Waals surface area contributed by atoms with E-state index in [9.17, 15) is 0 Å². The molecule has 0 amide bonds. The third-order valence-corrected chi connectivity index (χ3v) is 14.8. The summed E-state index contributed by atoms with van der Waals surface area (Å²) in [5.74, 6) is 3.72. The van der Waals surface area contributed by atoms with Gasteiger partial charge in [-0.2, -0.15) is 0 Å². The van der Waals surface area contributed by atoms with Gasteiger partial charge in [0.25, 0.3) is 0 Å². The van der Waals surface area contributed by atoms with Crippen molar-refractivity contribution in [3.05, 3.63) is 255 Å². The summed E-state index contributed by atoms with van der Waals surface area (Å²) in [5.41, 5.74) is 11.5. The summed E-state index contributed by atoms with van der Waals surface area (Å²) in [5, 5.41) is 10.6. The van der Waals surface area contributed by atoms with Crippen LogP contribution in [-0.2, 0) is 0 Å². The zero-order chi connectivity index (χ0) is 50.8. The lowest BCUT2D eigenvalue weighted by molar-refractivity contribution is 0.670. The largest absolute Gasteiger partial charge is 0.455 e.